The Hall–Kier alpha value is -2.38. The lowest BCUT2D eigenvalue weighted by Gasteiger charge is -2.20. The summed E-state index contributed by atoms with van der Waals surface area (Å²) in [5.41, 5.74) is -0.858. The molecule has 1 aliphatic rings. The van der Waals surface area contributed by atoms with Crippen LogP contribution in [0.1, 0.15) is 10.4 Å². The van der Waals surface area contributed by atoms with Gasteiger partial charge in [-0.2, -0.15) is 17.6 Å². The third kappa shape index (κ3) is 3.59. The van der Waals surface area contributed by atoms with E-state index in [9.17, 15) is 22.4 Å². The topological polar surface area (TPSA) is 54.0 Å². The van der Waals surface area contributed by atoms with E-state index in [1.54, 1.807) is 0 Å². The maximum Gasteiger partial charge on any atom is 0.416 e. The molecule has 2 rings (SSSR count). The highest BCUT2D eigenvalue weighted by Gasteiger charge is 2.35. The molecule has 0 bridgehead atoms. The number of nitrogens with one attached hydrogen (secondary N) is 2. The minimum atomic E-state index is -4.45. The number of carbonyl (C=O) groups is 1. The van der Waals surface area contributed by atoms with E-state index >= 15 is 0 Å². The van der Waals surface area contributed by atoms with Crippen molar-refractivity contribution >= 4 is 12.1 Å². The minimum Gasteiger partial charge on any atom is -0.387 e. The van der Waals surface area contributed by atoms with Gasteiger partial charge in [0.25, 0.3) is 0 Å². The second-order valence-corrected chi connectivity index (χ2v) is 4.28. The van der Waals surface area contributed by atoms with Gasteiger partial charge in [0.05, 0.1) is 11.1 Å². The number of nitrogens with zero attached hydrogens (tertiary/aromatic N) is 1. The van der Waals surface area contributed by atoms with Gasteiger partial charge in [0.2, 0.25) is 5.95 Å². The minimum absolute atomic E-state index is 0.0350. The lowest BCUT2D eigenvalue weighted by atomic mass is 10.1. The highest BCUT2D eigenvalue weighted by atomic mass is 19.4. The molecule has 0 aromatic carbocycles. The molecule has 0 atom stereocenters. The van der Waals surface area contributed by atoms with Crippen LogP contribution in [-0.4, -0.2) is 30.5 Å². The molecule has 1 aromatic rings. The van der Waals surface area contributed by atoms with Crippen molar-refractivity contribution in [3.8, 4) is 0 Å². The molecule has 0 radical (unpaired) electrons. The van der Waals surface area contributed by atoms with Crippen molar-refractivity contribution in [1.29, 1.82) is 0 Å². The van der Waals surface area contributed by atoms with Crippen LogP contribution in [0.15, 0.2) is 35.6 Å². The number of aldehydes is 1. The van der Waals surface area contributed by atoms with Crippen LogP contribution in [0.3, 0.4) is 0 Å². The molecule has 1 aromatic heterocycles. The zero-order chi connectivity index (χ0) is 15.5. The van der Waals surface area contributed by atoms with E-state index in [1.807, 2.05) is 0 Å². The summed E-state index contributed by atoms with van der Waals surface area (Å²) in [6.45, 7) is -0.105. The van der Waals surface area contributed by atoms with Gasteiger partial charge in [-0.15, -0.1) is 0 Å². The molecule has 112 valence electrons. The third-order valence-corrected chi connectivity index (χ3v) is 2.86. The van der Waals surface area contributed by atoms with Crippen molar-refractivity contribution in [2.75, 3.05) is 18.4 Å². The van der Waals surface area contributed by atoms with Gasteiger partial charge in [0, 0.05) is 13.1 Å². The van der Waals surface area contributed by atoms with Gasteiger partial charge in [-0.25, -0.2) is 4.98 Å². The normalized spacial score (nSPS) is 14.9. The van der Waals surface area contributed by atoms with Crippen molar-refractivity contribution in [3.63, 3.8) is 0 Å². The number of aromatic nitrogens is 1. The van der Waals surface area contributed by atoms with Crippen LogP contribution in [-0.2, 0) is 0 Å². The standard InChI is InChI=1S/C13H11F4N3O/c14-12-8(7-21)1-2-11(20-12)19-6-9-5-18-4-3-10(9)13(15,16)17/h1-4,7,18H,5-6H2,(H,19,20). The number of anilines is 1. The summed E-state index contributed by atoms with van der Waals surface area (Å²) in [6.07, 6.45) is -1.96. The smallest absolute Gasteiger partial charge is 0.387 e. The number of hydrogen-bond acceptors (Lipinski definition) is 4. The first kappa shape index (κ1) is 15.0. The number of carbonyl (C=O) groups excluding carboxylic acids is 1. The Morgan fingerprint density at radius 3 is 2.76 bits per heavy atom. The van der Waals surface area contributed by atoms with Crippen LogP contribution in [0.2, 0.25) is 0 Å². The van der Waals surface area contributed by atoms with Crippen LogP contribution in [0.25, 0.3) is 0 Å². The largest absolute Gasteiger partial charge is 0.416 e. The van der Waals surface area contributed by atoms with Gasteiger partial charge in [0.1, 0.15) is 5.82 Å². The lowest BCUT2D eigenvalue weighted by Crippen LogP contribution is -2.26. The molecule has 2 heterocycles. The number of hydrogen-bond donors (Lipinski definition) is 2. The Bertz CT molecular complexity index is 608. The van der Waals surface area contributed by atoms with Gasteiger partial charge >= 0.3 is 6.18 Å². The van der Waals surface area contributed by atoms with Crippen molar-refractivity contribution < 1.29 is 22.4 Å². The molecular formula is C13H11F4N3O. The summed E-state index contributed by atoms with van der Waals surface area (Å²) in [5.74, 6) is -0.914. The first-order chi connectivity index (χ1) is 9.91. The van der Waals surface area contributed by atoms with E-state index in [1.165, 1.54) is 18.3 Å². The second-order valence-electron chi connectivity index (χ2n) is 4.28. The molecule has 0 fully saturated rings. The van der Waals surface area contributed by atoms with E-state index in [2.05, 4.69) is 15.6 Å². The number of pyridine rings is 1. The average Bonchev–Trinajstić information content (AvgIpc) is 2.44. The molecule has 2 N–H and O–H groups in total. The maximum absolute atomic E-state index is 13.3. The number of rotatable bonds is 4. The maximum atomic E-state index is 13.3. The van der Waals surface area contributed by atoms with Crippen LogP contribution < -0.4 is 10.6 Å². The van der Waals surface area contributed by atoms with Crippen LogP contribution in [0.5, 0.6) is 0 Å². The van der Waals surface area contributed by atoms with Gasteiger partial charge < -0.3 is 10.6 Å². The molecule has 4 nitrogen and oxygen atoms in total. The second kappa shape index (κ2) is 5.94. The van der Waals surface area contributed by atoms with Crippen molar-refractivity contribution in [1.82, 2.24) is 10.3 Å². The molecular weight excluding hydrogens is 290 g/mol. The van der Waals surface area contributed by atoms with E-state index < -0.39 is 17.7 Å². The fourth-order valence-corrected chi connectivity index (χ4v) is 1.82. The Balaban J connectivity index is 2.14. The van der Waals surface area contributed by atoms with Crippen LogP contribution in [0.4, 0.5) is 23.4 Å². The molecule has 0 amide bonds. The molecule has 1 aliphatic heterocycles. The van der Waals surface area contributed by atoms with Gasteiger partial charge in [0.15, 0.2) is 6.29 Å². The lowest BCUT2D eigenvalue weighted by molar-refractivity contribution is -0.0893. The van der Waals surface area contributed by atoms with Gasteiger partial charge in [-0.3, -0.25) is 4.79 Å². The molecule has 21 heavy (non-hydrogen) atoms. The fraction of sp³-hybridized carbons (Fsp3) is 0.231. The predicted molar refractivity (Wildman–Crippen MR) is 68.3 cm³/mol. The summed E-state index contributed by atoms with van der Waals surface area (Å²) in [7, 11) is 0. The fourth-order valence-electron chi connectivity index (χ4n) is 1.82. The third-order valence-electron chi connectivity index (χ3n) is 2.86. The zero-order valence-electron chi connectivity index (χ0n) is 10.7. The molecule has 0 spiro atoms. The average molecular weight is 301 g/mol. The zero-order valence-corrected chi connectivity index (χ0v) is 10.7. The Morgan fingerprint density at radius 1 is 1.38 bits per heavy atom. The number of allylic oxidation sites excluding steroid dienone is 2. The highest BCUT2D eigenvalue weighted by molar-refractivity contribution is 5.74. The summed E-state index contributed by atoms with van der Waals surface area (Å²) in [5, 5.41) is 5.29. The van der Waals surface area contributed by atoms with Crippen molar-refractivity contribution in [2.45, 2.75) is 6.18 Å². The Labute approximate surface area is 117 Å². The molecule has 0 unspecified atom stereocenters. The van der Waals surface area contributed by atoms with Crippen LogP contribution >= 0.6 is 0 Å². The summed E-state index contributed by atoms with van der Waals surface area (Å²) in [4.78, 5) is 13.9. The number of dihydropyridines is 1. The van der Waals surface area contributed by atoms with E-state index in [-0.39, 0.29) is 30.0 Å². The van der Waals surface area contributed by atoms with E-state index in [0.717, 1.165) is 6.08 Å². The molecule has 0 saturated carbocycles. The number of halogens is 4. The Kier molecular flexibility index (Phi) is 4.25. The van der Waals surface area contributed by atoms with Crippen molar-refractivity contribution in [3.05, 3.63) is 47.1 Å². The van der Waals surface area contributed by atoms with Gasteiger partial charge in [-0.05, 0) is 30.0 Å². The highest BCUT2D eigenvalue weighted by Crippen LogP contribution is 2.30. The Morgan fingerprint density at radius 2 is 2.14 bits per heavy atom. The first-order valence-electron chi connectivity index (χ1n) is 5.96. The molecule has 0 aliphatic carbocycles. The summed E-state index contributed by atoms with van der Waals surface area (Å²) >= 11 is 0. The van der Waals surface area contributed by atoms with Crippen molar-refractivity contribution in [2.24, 2.45) is 0 Å². The van der Waals surface area contributed by atoms with Crippen LogP contribution in [0, 0.1) is 5.95 Å². The molecule has 8 heteroatoms. The van der Waals surface area contributed by atoms with E-state index in [4.69, 9.17) is 0 Å². The first-order valence-corrected chi connectivity index (χ1v) is 5.96. The van der Waals surface area contributed by atoms with Gasteiger partial charge in [-0.1, -0.05) is 0 Å². The quantitative estimate of drug-likeness (QED) is 0.509. The monoisotopic (exact) mass is 301 g/mol. The summed E-state index contributed by atoms with van der Waals surface area (Å²) < 4.78 is 51.7. The number of alkyl halides is 3. The summed E-state index contributed by atoms with van der Waals surface area (Å²) in [6, 6.07) is 2.53. The molecule has 0 saturated heterocycles. The SMILES string of the molecule is O=Cc1ccc(NCC2=C(C(F)(F)F)C=CNC2)nc1F. The van der Waals surface area contributed by atoms with E-state index in [0.29, 0.717) is 6.29 Å². The predicted octanol–water partition coefficient (Wildman–Crippen LogP) is 2.42.